The molecule has 3 aromatic heterocycles. The second-order valence-electron chi connectivity index (χ2n) is 6.50. The molecule has 4 aromatic rings. The molecule has 4 N–H and O–H groups in total. The summed E-state index contributed by atoms with van der Waals surface area (Å²) < 4.78 is 3.37. The van der Waals surface area contributed by atoms with E-state index in [9.17, 15) is 4.79 Å². The molecule has 1 aromatic carbocycles. The lowest BCUT2D eigenvalue weighted by molar-refractivity contribution is -0.116. The summed E-state index contributed by atoms with van der Waals surface area (Å²) in [4.78, 5) is 25.5. The molecule has 0 fully saturated rings. The lowest BCUT2D eigenvalue weighted by Gasteiger charge is -2.09. The first-order valence-corrected chi connectivity index (χ1v) is 9.18. The Balaban J connectivity index is 1.59. The van der Waals surface area contributed by atoms with Crippen LogP contribution in [0.4, 0.5) is 23.3 Å². The number of benzene rings is 1. The summed E-state index contributed by atoms with van der Waals surface area (Å²) in [5.74, 6) is 1.02. The number of nitrogen functional groups attached to an aromatic ring is 1. The Morgan fingerprint density at radius 2 is 2.00 bits per heavy atom. The van der Waals surface area contributed by atoms with Crippen molar-refractivity contribution in [1.29, 1.82) is 0 Å². The van der Waals surface area contributed by atoms with Crippen LogP contribution in [0.1, 0.15) is 12.6 Å². The summed E-state index contributed by atoms with van der Waals surface area (Å²) in [5.41, 5.74) is 8.59. The predicted molar refractivity (Wildman–Crippen MR) is 111 cm³/mol. The number of para-hydroxylation sites is 1. The van der Waals surface area contributed by atoms with Crippen molar-refractivity contribution in [1.82, 2.24) is 29.3 Å². The third-order valence-corrected chi connectivity index (χ3v) is 4.30. The van der Waals surface area contributed by atoms with Gasteiger partial charge in [0.05, 0.1) is 12.0 Å². The summed E-state index contributed by atoms with van der Waals surface area (Å²) in [6.45, 7) is 4.54. The van der Waals surface area contributed by atoms with Crippen molar-refractivity contribution in [3.8, 4) is 0 Å². The number of nitrogens with zero attached hydrogens (tertiary/aromatic N) is 6. The van der Waals surface area contributed by atoms with E-state index in [1.54, 1.807) is 15.6 Å². The van der Waals surface area contributed by atoms with Crippen LogP contribution in [-0.4, -0.2) is 35.2 Å². The van der Waals surface area contributed by atoms with E-state index in [4.69, 9.17) is 5.73 Å². The molecular weight excluding hydrogens is 370 g/mol. The minimum Gasteiger partial charge on any atom is -0.368 e. The van der Waals surface area contributed by atoms with Crippen LogP contribution in [-0.2, 0) is 17.9 Å². The van der Waals surface area contributed by atoms with E-state index >= 15 is 0 Å². The van der Waals surface area contributed by atoms with Crippen LogP contribution in [0.25, 0.3) is 11.2 Å². The molecule has 0 saturated heterocycles. The average Bonchev–Trinajstić information content (AvgIpc) is 3.25. The number of carbonyl (C=O) groups is 1. The molecule has 1 amide bonds. The molecule has 0 atom stereocenters. The van der Waals surface area contributed by atoms with Gasteiger partial charge in [0.25, 0.3) is 0 Å². The van der Waals surface area contributed by atoms with Crippen LogP contribution in [0.5, 0.6) is 0 Å². The van der Waals surface area contributed by atoms with E-state index in [1.165, 1.54) is 0 Å². The Bertz CT molecular complexity index is 1160. The summed E-state index contributed by atoms with van der Waals surface area (Å²) in [5, 5.41) is 10.4. The number of hydrogen-bond donors (Lipinski definition) is 3. The third-order valence-electron chi connectivity index (χ3n) is 4.30. The number of imidazole rings is 1. The van der Waals surface area contributed by atoms with Gasteiger partial charge in [-0.05, 0) is 26.0 Å². The minimum atomic E-state index is -0.214. The van der Waals surface area contributed by atoms with Crippen LogP contribution in [0, 0.1) is 6.92 Å². The average molecular weight is 391 g/mol. The standard InChI is InChI=1S/C19H21N9O/c1-3-28-14(9-12(2)26-28)23-15(29)10-27-11-21-16-17(24-19(20)25-18(16)27)22-13-7-5-4-6-8-13/h4-9,11H,3,10H2,1-2H3,(H,23,29)(H3,20,22,24,25). The van der Waals surface area contributed by atoms with Crippen molar-refractivity contribution >= 4 is 40.3 Å². The van der Waals surface area contributed by atoms with Crippen molar-refractivity contribution in [2.75, 3.05) is 16.4 Å². The highest BCUT2D eigenvalue weighted by Crippen LogP contribution is 2.23. The molecule has 4 rings (SSSR count). The first-order chi connectivity index (χ1) is 14.0. The highest BCUT2D eigenvalue weighted by Gasteiger charge is 2.15. The number of nitrogens with one attached hydrogen (secondary N) is 2. The van der Waals surface area contributed by atoms with Gasteiger partial charge in [-0.25, -0.2) is 9.67 Å². The van der Waals surface area contributed by atoms with E-state index in [0.29, 0.717) is 29.3 Å². The lowest BCUT2D eigenvalue weighted by atomic mass is 10.3. The van der Waals surface area contributed by atoms with Crippen molar-refractivity contribution in [2.24, 2.45) is 0 Å². The molecule has 0 aliphatic rings. The SMILES string of the molecule is CCn1nc(C)cc1NC(=O)Cn1cnc2c(Nc3ccccc3)nc(N)nc21. The van der Waals surface area contributed by atoms with Gasteiger partial charge in [-0.1, -0.05) is 18.2 Å². The van der Waals surface area contributed by atoms with E-state index in [0.717, 1.165) is 11.4 Å². The predicted octanol–water partition coefficient (Wildman–Crippen LogP) is 2.32. The second kappa shape index (κ2) is 7.58. The maximum atomic E-state index is 12.6. The Kier molecular flexibility index (Phi) is 4.82. The van der Waals surface area contributed by atoms with E-state index in [1.807, 2.05) is 50.2 Å². The zero-order chi connectivity index (χ0) is 20.4. The minimum absolute atomic E-state index is 0.0334. The monoisotopic (exact) mass is 391 g/mol. The lowest BCUT2D eigenvalue weighted by Crippen LogP contribution is -2.20. The molecule has 10 nitrogen and oxygen atoms in total. The first-order valence-electron chi connectivity index (χ1n) is 9.18. The largest absolute Gasteiger partial charge is 0.368 e. The van der Waals surface area contributed by atoms with Crippen molar-refractivity contribution in [3.05, 3.63) is 48.4 Å². The molecule has 0 bridgehead atoms. The maximum absolute atomic E-state index is 12.6. The highest BCUT2D eigenvalue weighted by atomic mass is 16.2. The summed E-state index contributed by atoms with van der Waals surface area (Å²) in [6.07, 6.45) is 1.55. The zero-order valence-corrected chi connectivity index (χ0v) is 16.1. The number of aromatic nitrogens is 6. The Morgan fingerprint density at radius 3 is 2.76 bits per heavy atom. The van der Waals surface area contributed by atoms with Crippen molar-refractivity contribution in [2.45, 2.75) is 26.9 Å². The molecular formula is C19H21N9O. The Morgan fingerprint density at radius 1 is 1.21 bits per heavy atom. The molecule has 0 saturated carbocycles. The zero-order valence-electron chi connectivity index (χ0n) is 16.1. The number of aryl methyl sites for hydroxylation is 2. The molecule has 0 radical (unpaired) electrons. The first kappa shape index (κ1) is 18.4. The molecule has 0 spiro atoms. The van der Waals surface area contributed by atoms with Gasteiger partial charge in [-0.3, -0.25) is 4.79 Å². The number of hydrogen-bond acceptors (Lipinski definition) is 7. The second-order valence-corrected chi connectivity index (χ2v) is 6.50. The fraction of sp³-hybridized carbons (Fsp3) is 0.211. The van der Waals surface area contributed by atoms with Crippen molar-refractivity contribution < 1.29 is 4.79 Å². The van der Waals surface area contributed by atoms with Gasteiger partial charge in [0, 0.05) is 18.3 Å². The summed E-state index contributed by atoms with van der Waals surface area (Å²) in [7, 11) is 0. The fourth-order valence-corrected chi connectivity index (χ4v) is 3.05. The van der Waals surface area contributed by atoms with Gasteiger partial charge in [0.2, 0.25) is 11.9 Å². The molecule has 0 unspecified atom stereocenters. The summed E-state index contributed by atoms with van der Waals surface area (Å²) in [6, 6.07) is 11.4. The van der Waals surface area contributed by atoms with E-state index in [-0.39, 0.29) is 18.4 Å². The highest BCUT2D eigenvalue weighted by molar-refractivity contribution is 5.92. The van der Waals surface area contributed by atoms with Gasteiger partial charge >= 0.3 is 0 Å². The van der Waals surface area contributed by atoms with Crippen LogP contribution in [0.15, 0.2) is 42.7 Å². The molecule has 0 aliphatic heterocycles. The summed E-state index contributed by atoms with van der Waals surface area (Å²) >= 11 is 0. The number of fused-ring (bicyclic) bond motifs is 1. The molecule has 148 valence electrons. The van der Waals surface area contributed by atoms with Crippen LogP contribution in [0.3, 0.4) is 0 Å². The van der Waals surface area contributed by atoms with Crippen LogP contribution >= 0.6 is 0 Å². The molecule has 3 heterocycles. The van der Waals surface area contributed by atoms with E-state index in [2.05, 4.69) is 30.7 Å². The number of nitrogens with two attached hydrogens (primary N) is 1. The van der Waals surface area contributed by atoms with Gasteiger partial charge < -0.3 is 20.9 Å². The van der Waals surface area contributed by atoms with E-state index < -0.39 is 0 Å². The number of carbonyl (C=O) groups excluding carboxylic acids is 1. The normalized spacial score (nSPS) is 11.0. The molecule has 29 heavy (non-hydrogen) atoms. The fourth-order valence-electron chi connectivity index (χ4n) is 3.05. The van der Waals surface area contributed by atoms with Gasteiger partial charge in [0.15, 0.2) is 17.0 Å². The Hall–Kier alpha value is -3.95. The van der Waals surface area contributed by atoms with Crippen LogP contribution in [0.2, 0.25) is 0 Å². The maximum Gasteiger partial charge on any atom is 0.245 e. The third kappa shape index (κ3) is 3.86. The topological polar surface area (TPSA) is 129 Å². The number of amides is 1. The van der Waals surface area contributed by atoms with Gasteiger partial charge in [-0.15, -0.1) is 0 Å². The number of anilines is 4. The van der Waals surface area contributed by atoms with Crippen molar-refractivity contribution in [3.63, 3.8) is 0 Å². The van der Waals surface area contributed by atoms with Gasteiger partial charge in [0.1, 0.15) is 12.4 Å². The number of rotatable bonds is 6. The smallest absolute Gasteiger partial charge is 0.245 e. The Labute approximate surface area is 166 Å². The molecule has 0 aliphatic carbocycles. The van der Waals surface area contributed by atoms with Gasteiger partial charge in [-0.2, -0.15) is 15.1 Å². The van der Waals surface area contributed by atoms with Crippen LogP contribution < -0.4 is 16.4 Å². The molecule has 10 heteroatoms. The quantitative estimate of drug-likeness (QED) is 0.460.